The van der Waals surface area contributed by atoms with Crippen molar-refractivity contribution in [1.82, 2.24) is 4.57 Å². The van der Waals surface area contributed by atoms with Gasteiger partial charge in [0.1, 0.15) is 17.6 Å². The number of para-hydroxylation sites is 2. The van der Waals surface area contributed by atoms with E-state index >= 15 is 0 Å². The van der Waals surface area contributed by atoms with Crippen LogP contribution >= 0.6 is 0 Å². The molecular formula is C19H21BrN4O3. The third-order valence-corrected chi connectivity index (χ3v) is 4.45. The normalized spacial score (nSPS) is 10.6. The molecule has 0 aliphatic heterocycles. The monoisotopic (exact) mass is 432 g/mol. The van der Waals surface area contributed by atoms with E-state index in [-0.39, 0.29) is 35.0 Å². The van der Waals surface area contributed by atoms with Gasteiger partial charge in [0.2, 0.25) is 0 Å². The lowest BCUT2D eigenvalue weighted by Gasteiger charge is -2.02. The number of fused-ring (bicyclic) bond motifs is 1. The number of carbonyl (C=O) groups is 1. The Labute approximate surface area is 167 Å². The van der Waals surface area contributed by atoms with Crippen LogP contribution in [-0.2, 0) is 13.1 Å². The Balaban J connectivity index is 0.00000261. The number of Topliss-reactive ketones (excluding diaryl/α,β-unsaturated/α-hetero) is 1. The number of carbonyl (C=O) groups excluding carboxylic acids is 1. The average molecular weight is 433 g/mol. The highest BCUT2D eigenvalue weighted by molar-refractivity contribution is 5.95. The number of nitrogens with two attached hydrogens (primary N) is 1. The minimum absolute atomic E-state index is 0. The summed E-state index contributed by atoms with van der Waals surface area (Å²) in [6.45, 7) is 3.00. The molecule has 0 aliphatic carbocycles. The van der Waals surface area contributed by atoms with Gasteiger partial charge in [-0.05, 0) is 30.7 Å². The number of aryl methyl sites for hydroxylation is 1. The van der Waals surface area contributed by atoms with Crippen molar-refractivity contribution in [2.75, 3.05) is 5.73 Å². The van der Waals surface area contributed by atoms with Gasteiger partial charge >= 0.3 is 5.95 Å². The molecule has 2 aromatic carbocycles. The maximum Gasteiger partial charge on any atom is 0.356 e. The molecule has 2 N–H and O–H groups in total. The summed E-state index contributed by atoms with van der Waals surface area (Å²) in [5.41, 5.74) is 8.61. The van der Waals surface area contributed by atoms with Gasteiger partial charge in [-0.1, -0.05) is 25.5 Å². The van der Waals surface area contributed by atoms with Crippen LogP contribution in [0.5, 0.6) is 0 Å². The molecule has 0 bridgehead atoms. The zero-order valence-corrected chi connectivity index (χ0v) is 16.6. The molecule has 27 heavy (non-hydrogen) atoms. The van der Waals surface area contributed by atoms with Gasteiger partial charge in [-0.2, -0.15) is 0 Å². The fourth-order valence-corrected chi connectivity index (χ4v) is 3.03. The number of anilines is 1. The first-order valence-electron chi connectivity index (χ1n) is 8.57. The standard InChI is InChI=1S/C19H20N4O3.BrH/c1-2-3-12-21-16-6-4-5-7-17(16)22(19(21)20)13-18(24)14-8-10-15(11-9-14)23(25)26;/h4-11,20H,2-3,12-13H2,1H3;1H. The van der Waals surface area contributed by atoms with Crippen molar-refractivity contribution in [3.05, 3.63) is 64.2 Å². The van der Waals surface area contributed by atoms with Crippen LogP contribution in [0.25, 0.3) is 11.0 Å². The summed E-state index contributed by atoms with van der Waals surface area (Å²) in [4.78, 5) is 22.9. The summed E-state index contributed by atoms with van der Waals surface area (Å²) >= 11 is 0. The van der Waals surface area contributed by atoms with Crippen LogP contribution in [0.3, 0.4) is 0 Å². The topological polar surface area (TPSA) is 95.0 Å². The molecule has 142 valence electrons. The average Bonchev–Trinajstić information content (AvgIpc) is 2.91. The molecule has 1 aromatic heterocycles. The molecule has 0 fully saturated rings. The number of unbranched alkanes of at least 4 members (excludes halogenated alkanes) is 1. The fourth-order valence-electron chi connectivity index (χ4n) is 3.03. The van der Waals surface area contributed by atoms with Crippen molar-refractivity contribution >= 4 is 28.5 Å². The molecule has 3 rings (SSSR count). The predicted octanol–water partition coefficient (Wildman–Crippen LogP) is 0.106. The molecule has 8 heteroatoms. The third kappa shape index (κ3) is 4.16. The van der Waals surface area contributed by atoms with Gasteiger partial charge in [0, 0.05) is 17.7 Å². The van der Waals surface area contributed by atoms with Crippen molar-refractivity contribution in [3.8, 4) is 0 Å². The molecule has 0 aliphatic rings. The molecule has 0 unspecified atom stereocenters. The number of halogens is 1. The minimum Gasteiger partial charge on any atom is -1.00 e. The number of nitrogens with zero attached hydrogens (tertiary/aromatic N) is 3. The lowest BCUT2D eigenvalue weighted by atomic mass is 10.1. The Kier molecular flexibility index (Phi) is 6.68. The number of non-ortho nitro benzene ring substituents is 1. The Morgan fingerprint density at radius 2 is 1.85 bits per heavy atom. The summed E-state index contributed by atoms with van der Waals surface area (Å²) in [5, 5.41) is 10.8. The minimum atomic E-state index is -0.484. The molecule has 7 nitrogen and oxygen atoms in total. The van der Waals surface area contributed by atoms with E-state index in [0.717, 1.165) is 30.4 Å². The molecule has 0 amide bonds. The van der Waals surface area contributed by atoms with Gasteiger partial charge in [-0.3, -0.25) is 20.6 Å². The quantitative estimate of drug-likeness (QED) is 0.248. The van der Waals surface area contributed by atoms with Gasteiger partial charge < -0.3 is 17.0 Å². The number of nitro benzene ring substituents is 1. The Morgan fingerprint density at radius 1 is 1.19 bits per heavy atom. The van der Waals surface area contributed by atoms with E-state index in [9.17, 15) is 14.9 Å². The van der Waals surface area contributed by atoms with Gasteiger partial charge in [0.15, 0.2) is 5.78 Å². The zero-order valence-electron chi connectivity index (χ0n) is 15.0. The summed E-state index contributed by atoms with van der Waals surface area (Å²) in [7, 11) is 0. The van der Waals surface area contributed by atoms with E-state index in [2.05, 4.69) is 6.92 Å². The highest BCUT2D eigenvalue weighted by atomic mass is 79.9. The van der Waals surface area contributed by atoms with Crippen molar-refractivity contribution in [2.24, 2.45) is 0 Å². The number of rotatable bonds is 7. The van der Waals surface area contributed by atoms with Gasteiger partial charge in [-0.15, -0.1) is 0 Å². The summed E-state index contributed by atoms with van der Waals surface area (Å²) in [5.74, 6) is 0.393. The summed E-state index contributed by atoms with van der Waals surface area (Å²) < 4.78 is 3.83. The second-order valence-corrected chi connectivity index (χ2v) is 6.17. The lowest BCUT2D eigenvalue weighted by Crippen LogP contribution is -3.00. The number of hydrogen-bond acceptors (Lipinski definition) is 4. The maximum absolute atomic E-state index is 12.7. The zero-order chi connectivity index (χ0) is 18.7. The first-order chi connectivity index (χ1) is 12.5. The van der Waals surface area contributed by atoms with Crippen molar-refractivity contribution < 1.29 is 31.3 Å². The Morgan fingerprint density at radius 3 is 2.48 bits per heavy atom. The van der Waals surface area contributed by atoms with Crippen molar-refractivity contribution in [3.63, 3.8) is 0 Å². The number of nitrogen functional groups attached to an aromatic ring is 1. The molecule has 0 atom stereocenters. The van der Waals surface area contributed by atoms with E-state index in [4.69, 9.17) is 5.73 Å². The Hall–Kier alpha value is -2.74. The molecule has 0 radical (unpaired) electrons. The smallest absolute Gasteiger partial charge is 0.356 e. The first-order valence-corrected chi connectivity index (χ1v) is 8.57. The van der Waals surface area contributed by atoms with Crippen LogP contribution in [0.2, 0.25) is 0 Å². The second kappa shape index (κ2) is 8.77. The van der Waals surface area contributed by atoms with E-state index < -0.39 is 4.92 Å². The van der Waals surface area contributed by atoms with E-state index in [0.29, 0.717) is 11.5 Å². The fraction of sp³-hybridized carbons (Fsp3) is 0.263. The number of aromatic nitrogens is 2. The van der Waals surface area contributed by atoms with E-state index in [1.54, 1.807) is 4.57 Å². The van der Waals surface area contributed by atoms with Crippen LogP contribution in [0.15, 0.2) is 48.5 Å². The molecule has 1 heterocycles. The van der Waals surface area contributed by atoms with Crippen LogP contribution < -0.4 is 27.3 Å². The second-order valence-electron chi connectivity index (χ2n) is 6.17. The molecule has 0 saturated carbocycles. The van der Waals surface area contributed by atoms with Gasteiger partial charge in [-0.25, -0.2) is 9.13 Å². The highest BCUT2D eigenvalue weighted by Crippen LogP contribution is 2.18. The molecule has 3 aromatic rings. The predicted molar refractivity (Wildman–Crippen MR) is 98.9 cm³/mol. The van der Waals surface area contributed by atoms with E-state index in [1.165, 1.54) is 24.3 Å². The summed E-state index contributed by atoms with van der Waals surface area (Å²) in [6, 6.07) is 13.4. The Bertz CT molecular complexity index is 967. The van der Waals surface area contributed by atoms with Crippen molar-refractivity contribution in [2.45, 2.75) is 32.9 Å². The van der Waals surface area contributed by atoms with Crippen molar-refractivity contribution in [1.29, 1.82) is 0 Å². The lowest BCUT2D eigenvalue weighted by molar-refractivity contribution is -0.642. The molecule has 0 spiro atoms. The first kappa shape index (κ1) is 20.6. The SMILES string of the molecule is CCCCn1c(N)[n+](CC(=O)c2ccc([N+](=O)[O-])cc2)c2ccccc21.[Br-]. The number of benzene rings is 2. The number of ketones is 1. The number of imidazole rings is 1. The maximum atomic E-state index is 12.7. The van der Waals surface area contributed by atoms with Gasteiger partial charge in [0.25, 0.3) is 5.69 Å². The van der Waals surface area contributed by atoms with E-state index in [1.807, 2.05) is 28.8 Å². The molecule has 0 saturated heterocycles. The molecular weight excluding hydrogens is 412 g/mol. The number of nitro groups is 1. The highest BCUT2D eigenvalue weighted by Gasteiger charge is 2.23. The largest absolute Gasteiger partial charge is 1.00 e. The van der Waals surface area contributed by atoms with Crippen LogP contribution in [0.1, 0.15) is 30.1 Å². The van der Waals surface area contributed by atoms with Crippen LogP contribution in [-0.4, -0.2) is 15.3 Å². The number of hydrogen-bond donors (Lipinski definition) is 1. The summed E-state index contributed by atoms with van der Waals surface area (Å²) in [6.07, 6.45) is 2.05. The van der Waals surface area contributed by atoms with Gasteiger partial charge in [0.05, 0.1) is 11.5 Å². The third-order valence-electron chi connectivity index (χ3n) is 4.45. The van der Waals surface area contributed by atoms with Crippen LogP contribution in [0.4, 0.5) is 11.6 Å². The van der Waals surface area contributed by atoms with Crippen LogP contribution in [0, 0.1) is 10.1 Å².